The molecule has 144 valence electrons. The highest BCUT2D eigenvalue weighted by atomic mass is 16.5. The number of nitrogens with one attached hydrogen (secondary N) is 1. The van der Waals surface area contributed by atoms with E-state index in [1.807, 2.05) is 19.2 Å². The van der Waals surface area contributed by atoms with Gasteiger partial charge in [0.1, 0.15) is 11.9 Å². The standard InChI is InChI=1S/C21H34N4O/c1-17-6-8-20(9-7-17)26-18(2)14-23-21(22-3)25-13-10-19(16-25)15-24-11-4-5-12-24/h6-9,18-19H,4-5,10-16H2,1-3H3,(H,22,23). The molecule has 0 saturated carbocycles. The Balaban J connectivity index is 1.42. The van der Waals surface area contributed by atoms with Gasteiger partial charge in [0.05, 0.1) is 6.54 Å². The van der Waals surface area contributed by atoms with E-state index in [1.165, 1.54) is 44.5 Å². The lowest BCUT2D eigenvalue weighted by Crippen LogP contribution is -2.44. The highest BCUT2D eigenvalue weighted by molar-refractivity contribution is 5.80. The number of aryl methyl sites for hydroxylation is 1. The number of guanidine groups is 1. The van der Waals surface area contributed by atoms with E-state index in [2.05, 4.69) is 46.1 Å². The Kier molecular flexibility index (Phi) is 6.78. The van der Waals surface area contributed by atoms with Crippen molar-refractivity contribution in [3.05, 3.63) is 29.8 Å². The molecule has 0 bridgehead atoms. The molecule has 0 amide bonds. The summed E-state index contributed by atoms with van der Waals surface area (Å²) < 4.78 is 5.99. The van der Waals surface area contributed by atoms with Gasteiger partial charge in [0.15, 0.2) is 5.96 Å². The third kappa shape index (κ3) is 5.37. The highest BCUT2D eigenvalue weighted by Gasteiger charge is 2.27. The number of hydrogen-bond donors (Lipinski definition) is 1. The lowest BCUT2D eigenvalue weighted by molar-refractivity contribution is 0.222. The summed E-state index contributed by atoms with van der Waals surface area (Å²) in [7, 11) is 1.88. The molecule has 1 aromatic carbocycles. The van der Waals surface area contributed by atoms with Crippen LogP contribution in [0.5, 0.6) is 5.75 Å². The number of ether oxygens (including phenoxy) is 1. The molecule has 0 radical (unpaired) electrons. The van der Waals surface area contributed by atoms with Crippen molar-refractivity contribution in [2.45, 2.75) is 39.2 Å². The quantitative estimate of drug-likeness (QED) is 0.627. The monoisotopic (exact) mass is 358 g/mol. The van der Waals surface area contributed by atoms with Crippen molar-refractivity contribution < 1.29 is 4.74 Å². The first-order chi connectivity index (χ1) is 12.6. The summed E-state index contributed by atoms with van der Waals surface area (Å²) in [6.45, 7) is 11.0. The van der Waals surface area contributed by atoms with Crippen molar-refractivity contribution in [1.29, 1.82) is 0 Å². The fraction of sp³-hybridized carbons (Fsp3) is 0.667. The minimum atomic E-state index is 0.0949. The molecule has 0 spiro atoms. The van der Waals surface area contributed by atoms with Crippen molar-refractivity contribution in [1.82, 2.24) is 15.1 Å². The number of rotatable bonds is 6. The number of aliphatic imine (C=N–C) groups is 1. The van der Waals surface area contributed by atoms with E-state index < -0.39 is 0 Å². The van der Waals surface area contributed by atoms with Crippen molar-refractivity contribution in [3.63, 3.8) is 0 Å². The molecule has 26 heavy (non-hydrogen) atoms. The Morgan fingerprint density at radius 3 is 2.65 bits per heavy atom. The smallest absolute Gasteiger partial charge is 0.193 e. The fourth-order valence-electron chi connectivity index (χ4n) is 3.96. The van der Waals surface area contributed by atoms with Gasteiger partial charge in [0.25, 0.3) is 0 Å². The second-order valence-electron chi connectivity index (χ2n) is 7.78. The second-order valence-corrected chi connectivity index (χ2v) is 7.78. The predicted molar refractivity (Wildman–Crippen MR) is 108 cm³/mol. The summed E-state index contributed by atoms with van der Waals surface area (Å²) in [5.74, 6) is 2.70. The van der Waals surface area contributed by atoms with E-state index in [1.54, 1.807) is 0 Å². The molecule has 2 fully saturated rings. The molecule has 2 saturated heterocycles. The zero-order valence-electron chi connectivity index (χ0n) is 16.6. The molecular weight excluding hydrogens is 324 g/mol. The molecule has 2 unspecified atom stereocenters. The van der Waals surface area contributed by atoms with Gasteiger partial charge in [-0.2, -0.15) is 0 Å². The van der Waals surface area contributed by atoms with Gasteiger partial charge < -0.3 is 19.9 Å². The second kappa shape index (κ2) is 9.26. The van der Waals surface area contributed by atoms with Gasteiger partial charge in [0.2, 0.25) is 0 Å². The van der Waals surface area contributed by atoms with Gasteiger partial charge >= 0.3 is 0 Å². The van der Waals surface area contributed by atoms with Crippen molar-refractivity contribution in [2.75, 3.05) is 46.3 Å². The average molecular weight is 359 g/mol. The third-order valence-electron chi connectivity index (χ3n) is 5.42. The molecule has 3 rings (SSSR count). The van der Waals surface area contributed by atoms with Crippen LogP contribution in [0.25, 0.3) is 0 Å². The Morgan fingerprint density at radius 2 is 1.96 bits per heavy atom. The van der Waals surface area contributed by atoms with E-state index in [-0.39, 0.29) is 6.10 Å². The average Bonchev–Trinajstić information content (AvgIpc) is 3.30. The summed E-state index contributed by atoms with van der Waals surface area (Å²) in [5.41, 5.74) is 1.25. The topological polar surface area (TPSA) is 40.1 Å². The summed E-state index contributed by atoms with van der Waals surface area (Å²) >= 11 is 0. The Hall–Kier alpha value is -1.75. The van der Waals surface area contributed by atoms with E-state index in [4.69, 9.17) is 4.74 Å². The van der Waals surface area contributed by atoms with Crippen LogP contribution >= 0.6 is 0 Å². The van der Waals surface area contributed by atoms with E-state index >= 15 is 0 Å². The first-order valence-corrected chi connectivity index (χ1v) is 10.1. The summed E-state index contributed by atoms with van der Waals surface area (Å²) in [5, 5.41) is 3.49. The number of likely N-dealkylation sites (tertiary alicyclic amines) is 2. The van der Waals surface area contributed by atoms with Gasteiger partial charge in [-0.1, -0.05) is 17.7 Å². The van der Waals surface area contributed by atoms with Gasteiger partial charge in [0, 0.05) is 26.7 Å². The van der Waals surface area contributed by atoms with Gasteiger partial charge in [-0.3, -0.25) is 4.99 Å². The van der Waals surface area contributed by atoms with Crippen LogP contribution in [0.2, 0.25) is 0 Å². The van der Waals surface area contributed by atoms with Crippen molar-refractivity contribution >= 4 is 5.96 Å². The minimum Gasteiger partial charge on any atom is -0.489 e. The summed E-state index contributed by atoms with van der Waals surface area (Å²) in [6, 6.07) is 8.23. The first kappa shape index (κ1) is 19.0. The van der Waals surface area contributed by atoms with Crippen LogP contribution in [0.3, 0.4) is 0 Å². The van der Waals surface area contributed by atoms with Crippen LogP contribution in [-0.2, 0) is 0 Å². The zero-order valence-corrected chi connectivity index (χ0v) is 16.6. The summed E-state index contributed by atoms with van der Waals surface area (Å²) in [4.78, 5) is 9.52. The van der Waals surface area contributed by atoms with Crippen LogP contribution in [0.15, 0.2) is 29.3 Å². The van der Waals surface area contributed by atoms with Gasteiger partial charge in [-0.05, 0) is 64.3 Å². The molecule has 0 aromatic heterocycles. The molecule has 2 aliphatic rings. The normalized spacial score (nSPS) is 22.7. The van der Waals surface area contributed by atoms with Crippen LogP contribution in [0.4, 0.5) is 0 Å². The van der Waals surface area contributed by atoms with Crippen molar-refractivity contribution in [2.24, 2.45) is 10.9 Å². The molecule has 2 aliphatic heterocycles. The molecule has 5 nitrogen and oxygen atoms in total. The van der Waals surface area contributed by atoms with Crippen molar-refractivity contribution in [3.8, 4) is 5.75 Å². The maximum absolute atomic E-state index is 5.99. The molecule has 1 N–H and O–H groups in total. The van der Waals surface area contributed by atoms with Crippen LogP contribution in [0.1, 0.15) is 31.7 Å². The van der Waals surface area contributed by atoms with Crippen LogP contribution < -0.4 is 10.1 Å². The van der Waals surface area contributed by atoms with Crippen LogP contribution in [-0.4, -0.2) is 68.2 Å². The first-order valence-electron chi connectivity index (χ1n) is 10.1. The predicted octanol–water partition coefficient (Wildman–Crippen LogP) is 2.76. The van der Waals surface area contributed by atoms with Crippen LogP contribution in [0, 0.1) is 12.8 Å². The minimum absolute atomic E-state index is 0.0949. The number of nitrogens with zero attached hydrogens (tertiary/aromatic N) is 3. The highest BCUT2D eigenvalue weighted by Crippen LogP contribution is 2.20. The Bertz CT molecular complexity index is 580. The zero-order chi connectivity index (χ0) is 18.4. The molecule has 5 heteroatoms. The van der Waals surface area contributed by atoms with E-state index in [0.717, 1.165) is 37.3 Å². The molecule has 2 atom stereocenters. The maximum atomic E-state index is 5.99. The largest absolute Gasteiger partial charge is 0.489 e. The molecular formula is C21H34N4O. The summed E-state index contributed by atoms with van der Waals surface area (Å²) in [6.07, 6.45) is 4.11. The third-order valence-corrected chi connectivity index (χ3v) is 5.42. The Morgan fingerprint density at radius 1 is 1.23 bits per heavy atom. The van der Waals surface area contributed by atoms with Gasteiger partial charge in [-0.15, -0.1) is 0 Å². The molecule has 1 aromatic rings. The molecule has 2 heterocycles. The van der Waals surface area contributed by atoms with E-state index in [0.29, 0.717) is 0 Å². The van der Waals surface area contributed by atoms with E-state index in [9.17, 15) is 0 Å². The maximum Gasteiger partial charge on any atom is 0.193 e. The molecule has 0 aliphatic carbocycles. The lowest BCUT2D eigenvalue weighted by Gasteiger charge is -2.24. The lowest BCUT2D eigenvalue weighted by atomic mass is 10.1. The SMILES string of the molecule is CN=C(NCC(C)Oc1ccc(C)cc1)N1CCC(CN2CCCC2)C1. The number of benzene rings is 1. The fourth-order valence-corrected chi connectivity index (χ4v) is 3.96. The Labute approximate surface area is 158 Å². The van der Waals surface area contributed by atoms with Gasteiger partial charge in [-0.25, -0.2) is 0 Å². The number of hydrogen-bond acceptors (Lipinski definition) is 3.